The van der Waals surface area contributed by atoms with Crippen LogP contribution in [0, 0.1) is 0 Å². The molecule has 0 amide bonds. The van der Waals surface area contributed by atoms with Crippen LogP contribution in [0.1, 0.15) is 31.8 Å². The molecule has 0 bridgehead atoms. The number of ketones is 2. The summed E-state index contributed by atoms with van der Waals surface area (Å²) in [5.41, 5.74) is 0.550. The molecule has 0 unspecified atom stereocenters. The van der Waals surface area contributed by atoms with Gasteiger partial charge in [0.2, 0.25) is 0 Å². The topological polar surface area (TPSA) is 187 Å². The standard InChI is InChI=1S/C26H18N2O9S2/c29-24-18-3-1-2-4-19(18)25(30)23-22(24)20(27-14-5-9-16(10-6-14)38(32,33)34)13-21(26(23)31)28-15-7-11-17(12-8-15)39(35,36)37/h1-13,27-28,31H,(H,32,33,34)(H,35,36,37). The minimum atomic E-state index is -4.44. The molecule has 13 heteroatoms. The summed E-state index contributed by atoms with van der Waals surface area (Å²) in [5, 5.41) is 17.0. The normalized spacial score (nSPS) is 13.0. The molecule has 4 aromatic carbocycles. The molecule has 0 aromatic heterocycles. The van der Waals surface area contributed by atoms with Crippen molar-refractivity contribution in [3.63, 3.8) is 0 Å². The third-order valence-corrected chi connectivity index (χ3v) is 7.77. The van der Waals surface area contributed by atoms with Crippen molar-refractivity contribution in [1.29, 1.82) is 0 Å². The Morgan fingerprint density at radius 3 is 1.41 bits per heavy atom. The Kier molecular flexibility index (Phi) is 6.23. The molecule has 11 nitrogen and oxygen atoms in total. The molecule has 0 saturated heterocycles. The average Bonchev–Trinajstić information content (AvgIpc) is 2.88. The summed E-state index contributed by atoms with van der Waals surface area (Å²) in [7, 11) is -8.87. The van der Waals surface area contributed by atoms with Crippen molar-refractivity contribution in [1.82, 2.24) is 0 Å². The van der Waals surface area contributed by atoms with Gasteiger partial charge in [0.05, 0.1) is 32.3 Å². The van der Waals surface area contributed by atoms with E-state index in [2.05, 4.69) is 10.6 Å². The van der Waals surface area contributed by atoms with Crippen LogP contribution < -0.4 is 10.6 Å². The molecule has 5 N–H and O–H groups in total. The van der Waals surface area contributed by atoms with Gasteiger partial charge in [-0.15, -0.1) is 0 Å². The van der Waals surface area contributed by atoms with Crippen LogP contribution in [0.3, 0.4) is 0 Å². The van der Waals surface area contributed by atoms with Gasteiger partial charge >= 0.3 is 0 Å². The second-order valence-corrected chi connectivity index (χ2v) is 11.4. The molecule has 39 heavy (non-hydrogen) atoms. The highest BCUT2D eigenvalue weighted by Gasteiger charge is 2.35. The van der Waals surface area contributed by atoms with Crippen LogP contribution >= 0.6 is 0 Å². The van der Waals surface area contributed by atoms with Crippen molar-refractivity contribution in [3.8, 4) is 5.75 Å². The number of phenols is 1. The molecule has 198 valence electrons. The van der Waals surface area contributed by atoms with Crippen LogP contribution in [0.5, 0.6) is 5.75 Å². The summed E-state index contributed by atoms with van der Waals surface area (Å²) in [6.07, 6.45) is 0. The van der Waals surface area contributed by atoms with Crippen molar-refractivity contribution < 1.29 is 40.6 Å². The van der Waals surface area contributed by atoms with Crippen LogP contribution in [-0.4, -0.2) is 42.6 Å². The van der Waals surface area contributed by atoms with E-state index in [1.165, 1.54) is 42.5 Å². The van der Waals surface area contributed by atoms with E-state index in [9.17, 15) is 40.6 Å². The Balaban J connectivity index is 1.64. The first-order valence-electron chi connectivity index (χ1n) is 11.1. The molecule has 0 spiro atoms. The third-order valence-electron chi connectivity index (χ3n) is 6.03. The maximum atomic E-state index is 13.5. The lowest BCUT2D eigenvalue weighted by Gasteiger charge is -2.24. The van der Waals surface area contributed by atoms with Crippen molar-refractivity contribution in [2.24, 2.45) is 0 Å². The van der Waals surface area contributed by atoms with Crippen molar-refractivity contribution in [3.05, 3.63) is 101 Å². The largest absolute Gasteiger partial charge is 0.505 e. The highest BCUT2D eigenvalue weighted by molar-refractivity contribution is 7.86. The number of benzene rings is 4. The van der Waals surface area contributed by atoms with Gasteiger partial charge in [-0.25, -0.2) is 0 Å². The molecular formula is C26H18N2O9S2. The SMILES string of the molecule is O=C1c2ccccc2C(=O)c2c(O)c(Nc3ccc(S(=O)(=O)O)cc3)cc(Nc3ccc(S(=O)(=O)O)cc3)c21. The summed E-state index contributed by atoms with van der Waals surface area (Å²) in [6, 6.07) is 17.4. The predicted molar refractivity (Wildman–Crippen MR) is 140 cm³/mol. The molecule has 0 atom stereocenters. The molecule has 0 heterocycles. The minimum absolute atomic E-state index is 0.00839. The summed E-state index contributed by atoms with van der Waals surface area (Å²) in [5.74, 6) is -1.66. The number of hydrogen-bond acceptors (Lipinski definition) is 9. The zero-order valence-corrected chi connectivity index (χ0v) is 21.2. The quantitative estimate of drug-likeness (QED) is 0.113. The van der Waals surface area contributed by atoms with Crippen LogP contribution in [0.4, 0.5) is 22.7 Å². The molecule has 0 radical (unpaired) electrons. The van der Waals surface area contributed by atoms with Gasteiger partial charge in [-0.05, 0) is 54.6 Å². The summed E-state index contributed by atoms with van der Waals surface area (Å²) in [4.78, 5) is 26.2. The molecule has 1 aliphatic carbocycles. The van der Waals surface area contributed by atoms with E-state index >= 15 is 0 Å². The lowest BCUT2D eigenvalue weighted by atomic mass is 9.82. The Bertz CT molecular complexity index is 1880. The van der Waals surface area contributed by atoms with E-state index in [1.54, 1.807) is 12.1 Å². The maximum absolute atomic E-state index is 13.5. The van der Waals surface area contributed by atoms with Gasteiger partial charge in [-0.1, -0.05) is 24.3 Å². The van der Waals surface area contributed by atoms with Gasteiger partial charge in [-0.2, -0.15) is 16.8 Å². The van der Waals surface area contributed by atoms with Crippen LogP contribution in [0.2, 0.25) is 0 Å². The van der Waals surface area contributed by atoms with Gasteiger partial charge in [0.15, 0.2) is 17.3 Å². The van der Waals surface area contributed by atoms with E-state index in [-0.39, 0.29) is 49.1 Å². The summed E-state index contributed by atoms with van der Waals surface area (Å²) < 4.78 is 63.9. The van der Waals surface area contributed by atoms with Crippen molar-refractivity contribution >= 4 is 54.6 Å². The molecule has 0 aliphatic heterocycles. The van der Waals surface area contributed by atoms with E-state index < -0.39 is 37.6 Å². The Labute approximate surface area is 222 Å². The number of nitrogens with one attached hydrogen (secondary N) is 2. The fraction of sp³-hybridized carbons (Fsp3) is 0. The zero-order valence-electron chi connectivity index (χ0n) is 19.6. The number of phenolic OH excluding ortho intramolecular Hbond substituents is 1. The molecule has 4 aromatic rings. The first kappa shape index (κ1) is 26.1. The number of carbonyl (C=O) groups is 2. The summed E-state index contributed by atoms with van der Waals surface area (Å²) >= 11 is 0. The summed E-state index contributed by atoms with van der Waals surface area (Å²) in [6.45, 7) is 0. The molecule has 0 saturated carbocycles. The number of anilines is 4. The molecule has 5 rings (SSSR count). The average molecular weight is 567 g/mol. The smallest absolute Gasteiger partial charge is 0.294 e. The highest BCUT2D eigenvalue weighted by Crippen LogP contribution is 2.43. The van der Waals surface area contributed by atoms with Gasteiger partial charge < -0.3 is 15.7 Å². The van der Waals surface area contributed by atoms with Crippen LogP contribution in [0.25, 0.3) is 0 Å². The highest BCUT2D eigenvalue weighted by atomic mass is 32.2. The van der Waals surface area contributed by atoms with Gasteiger partial charge in [-0.3, -0.25) is 18.7 Å². The van der Waals surface area contributed by atoms with Crippen molar-refractivity contribution in [2.75, 3.05) is 10.6 Å². The number of rotatable bonds is 6. The first-order valence-corrected chi connectivity index (χ1v) is 14.0. The van der Waals surface area contributed by atoms with Crippen LogP contribution in [0.15, 0.2) is 88.7 Å². The van der Waals surface area contributed by atoms with Crippen LogP contribution in [-0.2, 0) is 20.2 Å². The molecule has 1 aliphatic rings. The predicted octanol–water partition coefficient (Wildman–Crippen LogP) is 4.15. The monoisotopic (exact) mass is 566 g/mol. The van der Waals surface area contributed by atoms with Gasteiger partial charge in [0.1, 0.15) is 0 Å². The van der Waals surface area contributed by atoms with Crippen molar-refractivity contribution in [2.45, 2.75) is 9.79 Å². The number of fused-ring (bicyclic) bond motifs is 2. The number of hydrogen-bond donors (Lipinski definition) is 5. The van der Waals surface area contributed by atoms with Gasteiger partial charge in [0.25, 0.3) is 20.2 Å². The van der Waals surface area contributed by atoms with Gasteiger partial charge in [0, 0.05) is 22.5 Å². The number of aromatic hydroxyl groups is 1. The Hall–Kier alpha value is -4.56. The number of carbonyl (C=O) groups excluding carboxylic acids is 2. The zero-order chi connectivity index (χ0) is 28.1. The first-order chi connectivity index (χ1) is 18.3. The van der Waals surface area contributed by atoms with E-state index in [1.807, 2.05) is 0 Å². The lowest BCUT2D eigenvalue weighted by Crippen LogP contribution is -2.22. The fourth-order valence-electron chi connectivity index (χ4n) is 4.20. The second kappa shape index (κ2) is 9.32. The fourth-order valence-corrected chi connectivity index (χ4v) is 5.16. The van der Waals surface area contributed by atoms with E-state index in [4.69, 9.17) is 0 Å². The maximum Gasteiger partial charge on any atom is 0.294 e. The van der Waals surface area contributed by atoms with E-state index in [0.717, 1.165) is 24.3 Å². The van der Waals surface area contributed by atoms with E-state index in [0.29, 0.717) is 5.69 Å². The molecular weight excluding hydrogens is 548 g/mol. The Morgan fingerprint density at radius 2 is 0.974 bits per heavy atom. The molecule has 0 fully saturated rings. The minimum Gasteiger partial charge on any atom is -0.505 e. The second-order valence-electron chi connectivity index (χ2n) is 8.52. The lowest BCUT2D eigenvalue weighted by molar-refractivity contribution is 0.0977. The third kappa shape index (κ3) is 4.86. The Morgan fingerprint density at radius 1 is 0.564 bits per heavy atom.